The summed E-state index contributed by atoms with van der Waals surface area (Å²) < 4.78 is 55.8. The second-order valence-electron chi connectivity index (χ2n) is 8.54. The molecule has 0 radical (unpaired) electrons. The van der Waals surface area contributed by atoms with E-state index in [1.807, 2.05) is 0 Å². The highest BCUT2D eigenvalue weighted by Crippen LogP contribution is 2.35. The Kier molecular flexibility index (Phi) is 7.13. The summed E-state index contributed by atoms with van der Waals surface area (Å²) in [5.74, 6) is 0.245. The van der Waals surface area contributed by atoms with Crippen molar-refractivity contribution in [1.82, 2.24) is 19.5 Å². The lowest BCUT2D eigenvalue weighted by molar-refractivity contribution is 0.398. The maximum Gasteiger partial charge on any atom is 0.263 e. The number of hydrogen-bond donors (Lipinski definition) is 1. The highest BCUT2D eigenvalue weighted by molar-refractivity contribution is 7.92. The van der Waals surface area contributed by atoms with Crippen molar-refractivity contribution in [2.24, 2.45) is 0 Å². The Hall–Kier alpha value is -4.55. The molecule has 0 fully saturated rings. The lowest BCUT2D eigenvalue weighted by Crippen LogP contribution is -2.19. The van der Waals surface area contributed by atoms with Crippen molar-refractivity contribution in [3.8, 4) is 28.4 Å². The molecule has 5 rings (SSSR count). The summed E-state index contributed by atoms with van der Waals surface area (Å²) in [5, 5.41) is 0.613. The van der Waals surface area contributed by atoms with Gasteiger partial charge in [0.25, 0.3) is 15.6 Å². The van der Waals surface area contributed by atoms with Crippen LogP contribution in [0.4, 0.5) is 10.2 Å². The third-order valence-corrected chi connectivity index (χ3v) is 7.64. The van der Waals surface area contributed by atoms with E-state index >= 15 is 4.39 Å². The predicted octanol–water partition coefficient (Wildman–Crippen LogP) is 4.76. The van der Waals surface area contributed by atoms with Crippen LogP contribution in [-0.4, -0.2) is 42.2 Å². The number of ether oxygens (including phenoxy) is 2. The molecular formula is C27H21ClFN5O5S. The van der Waals surface area contributed by atoms with Gasteiger partial charge in [-0.05, 0) is 49.4 Å². The van der Waals surface area contributed by atoms with E-state index in [0.29, 0.717) is 22.3 Å². The molecule has 204 valence electrons. The number of aryl methyl sites for hydroxylation is 1. The average molecular weight is 582 g/mol. The summed E-state index contributed by atoms with van der Waals surface area (Å²) in [6, 6.07) is 12.5. The van der Waals surface area contributed by atoms with Crippen LogP contribution < -0.4 is 19.8 Å². The summed E-state index contributed by atoms with van der Waals surface area (Å²) in [6.45, 7) is 1.64. The van der Waals surface area contributed by atoms with Crippen molar-refractivity contribution in [3.05, 3.63) is 94.0 Å². The van der Waals surface area contributed by atoms with Crippen molar-refractivity contribution >= 4 is 38.3 Å². The number of benzene rings is 2. The van der Waals surface area contributed by atoms with Crippen molar-refractivity contribution < 1.29 is 22.3 Å². The maximum absolute atomic E-state index is 15.5. The van der Waals surface area contributed by atoms with Crippen LogP contribution in [0.3, 0.4) is 0 Å². The van der Waals surface area contributed by atoms with E-state index in [0.717, 1.165) is 6.07 Å². The molecule has 40 heavy (non-hydrogen) atoms. The van der Waals surface area contributed by atoms with Gasteiger partial charge >= 0.3 is 0 Å². The lowest BCUT2D eigenvalue weighted by Gasteiger charge is -2.17. The van der Waals surface area contributed by atoms with Crippen LogP contribution in [0.15, 0.2) is 76.7 Å². The molecule has 0 amide bonds. The first-order valence-electron chi connectivity index (χ1n) is 11.7. The highest BCUT2D eigenvalue weighted by atomic mass is 35.5. The predicted molar refractivity (Wildman–Crippen MR) is 148 cm³/mol. The number of sulfonamides is 1. The first kappa shape index (κ1) is 27.0. The third-order valence-electron chi connectivity index (χ3n) is 6.01. The first-order valence-corrected chi connectivity index (χ1v) is 13.5. The number of methoxy groups -OCH3 is 2. The summed E-state index contributed by atoms with van der Waals surface area (Å²) in [5.41, 5.74) is 0.503. The van der Waals surface area contributed by atoms with Gasteiger partial charge in [0.15, 0.2) is 0 Å². The molecule has 0 atom stereocenters. The zero-order valence-electron chi connectivity index (χ0n) is 21.3. The second-order valence-corrected chi connectivity index (χ2v) is 10.6. The number of anilines is 1. The largest absolute Gasteiger partial charge is 0.495 e. The molecule has 0 saturated heterocycles. The van der Waals surface area contributed by atoms with Gasteiger partial charge in [-0.25, -0.2) is 27.8 Å². The number of hydrogen-bond acceptors (Lipinski definition) is 8. The fourth-order valence-corrected chi connectivity index (χ4v) is 5.45. The Morgan fingerprint density at radius 3 is 2.50 bits per heavy atom. The van der Waals surface area contributed by atoms with Gasteiger partial charge in [-0.2, -0.15) is 0 Å². The van der Waals surface area contributed by atoms with Crippen LogP contribution >= 0.6 is 11.6 Å². The molecule has 13 heteroatoms. The van der Waals surface area contributed by atoms with Gasteiger partial charge in [0.1, 0.15) is 28.2 Å². The molecule has 0 aliphatic heterocycles. The minimum absolute atomic E-state index is 0.0566. The Balaban J connectivity index is 1.61. The van der Waals surface area contributed by atoms with Crippen molar-refractivity contribution in [1.29, 1.82) is 0 Å². The minimum Gasteiger partial charge on any atom is -0.495 e. The monoisotopic (exact) mass is 581 g/mol. The number of nitrogens with one attached hydrogen (secondary N) is 1. The van der Waals surface area contributed by atoms with Gasteiger partial charge in [-0.1, -0.05) is 11.6 Å². The van der Waals surface area contributed by atoms with E-state index in [1.165, 1.54) is 79.7 Å². The Morgan fingerprint density at radius 2 is 1.80 bits per heavy atom. The lowest BCUT2D eigenvalue weighted by atomic mass is 10.1. The topological polar surface area (TPSA) is 125 Å². The molecule has 3 heterocycles. The molecule has 5 aromatic rings. The molecule has 0 aliphatic rings. The minimum atomic E-state index is -4.01. The molecule has 0 aliphatic carbocycles. The molecule has 1 N–H and O–H groups in total. The smallest absolute Gasteiger partial charge is 0.263 e. The summed E-state index contributed by atoms with van der Waals surface area (Å²) in [4.78, 5) is 25.1. The van der Waals surface area contributed by atoms with E-state index in [4.69, 9.17) is 21.1 Å². The van der Waals surface area contributed by atoms with E-state index < -0.39 is 21.4 Å². The summed E-state index contributed by atoms with van der Waals surface area (Å²) in [7, 11) is -1.20. The van der Waals surface area contributed by atoms with Gasteiger partial charge in [0.05, 0.1) is 30.3 Å². The van der Waals surface area contributed by atoms with Crippen molar-refractivity contribution in [3.63, 3.8) is 0 Å². The summed E-state index contributed by atoms with van der Waals surface area (Å²) in [6.07, 6.45) is 2.85. The SMILES string of the molecule is COc1cc(-c2cnc(OC)c(Cl)c2)c(F)cc1-n1c(=O)ccc2cc(S(=O)(=O)Nc3ccnc(C)n3)ccc21. The van der Waals surface area contributed by atoms with Gasteiger partial charge in [0.2, 0.25) is 5.88 Å². The first-order chi connectivity index (χ1) is 19.1. The summed E-state index contributed by atoms with van der Waals surface area (Å²) >= 11 is 6.18. The third kappa shape index (κ3) is 5.06. The second kappa shape index (κ2) is 10.5. The molecule has 0 saturated carbocycles. The normalized spacial score (nSPS) is 11.4. The van der Waals surface area contributed by atoms with E-state index in [1.54, 1.807) is 6.92 Å². The van der Waals surface area contributed by atoms with Gasteiger partial charge in [-0.15, -0.1) is 0 Å². The number of nitrogens with zero attached hydrogens (tertiary/aromatic N) is 4. The Morgan fingerprint density at radius 1 is 1.00 bits per heavy atom. The van der Waals surface area contributed by atoms with E-state index in [2.05, 4.69) is 19.7 Å². The molecular weight excluding hydrogens is 561 g/mol. The quantitative estimate of drug-likeness (QED) is 0.292. The molecule has 10 nitrogen and oxygen atoms in total. The standard InChI is InChI=1S/C27H21ClFN5O5S/c1-15-30-9-8-25(32-15)33-40(36,37)18-5-6-22-16(10-18)4-7-26(35)34(22)23-13-21(29)19(12-24(23)38-2)17-11-20(28)27(39-3)31-14-17/h4-14H,1-3H3,(H,30,32,33). The van der Waals surface area contributed by atoms with Crippen LogP contribution in [-0.2, 0) is 10.0 Å². The zero-order chi connectivity index (χ0) is 28.6. The number of aromatic nitrogens is 4. The van der Waals surface area contributed by atoms with Crippen molar-refractivity contribution in [2.45, 2.75) is 11.8 Å². The van der Waals surface area contributed by atoms with E-state index in [9.17, 15) is 13.2 Å². The van der Waals surface area contributed by atoms with Crippen molar-refractivity contribution in [2.75, 3.05) is 18.9 Å². The van der Waals surface area contributed by atoms with Crippen LogP contribution in [0.5, 0.6) is 11.6 Å². The maximum atomic E-state index is 15.5. The molecule has 0 unspecified atom stereocenters. The molecule has 0 bridgehead atoms. The van der Waals surface area contributed by atoms with Crippen LogP contribution in [0.2, 0.25) is 5.02 Å². The van der Waals surface area contributed by atoms with Gasteiger partial charge in [0, 0.05) is 41.0 Å². The number of halogens is 2. The fourth-order valence-electron chi connectivity index (χ4n) is 4.17. The van der Waals surface area contributed by atoms with Crippen LogP contribution in [0.1, 0.15) is 5.82 Å². The Labute approximate surface area is 233 Å². The fraction of sp³-hybridized carbons (Fsp3) is 0.111. The zero-order valence-corrected chi connectivity index (χ0v) is 22.9. The van der Waals surface area contributed by atoms with Gasteiger partial charge < -0.3 is 9.47 Å². The van der Waals surface area contributed by atoms with E-state index in [-0.39, 0.29) is 38.6 Å². The molecule has 3 aromatic heterocycles. The number of rotatable bonds is 7. The van der Waals surface area contributed by atoms with Crippen LogP contribution in [0, 0.1) is 12.7 Å². The highest BCUT2D eigenvalue weighted by Gasteiger charge is 2.20. The number of pyridine rings is 2. The Bertz CT molecular complexity index is 1950. The average Bonchev–Trinajstić information content (AvgIpc) is 2.92. The van der Waals surface area contributed by atoms with Crippen LogP contribution in [0.25, 0.3) is 27.7 Å². The van der Waals surface area contributed by atoms with Gasteiger partial charge in [-0.3, -0.25) is 14.1 Å². The molecule has 0 spiro atoms. The number of fused-ring (bicyclic) bond motifs is 1. The molecule has 2 aromatic carbocycles.